The highest BCUT2D eigenvalue weighted by molar-refractivity contribution is 5.90. The van der Waals surface area contributed by atoms with Gasteiger partial charge in [-0.15, -0.1) is 0 Å². The van der Waals surface area contributed by atoms with Gasteiger partial charge in [-0.1, -0.05) is 6.07 Å². The van der Waals surface area contributed by atoms with Gasteiger partial charge in [-0.3, -0.25) is 14.7 Å². The first kappa shape index (κ1) is 16.8. The van der Waals surface area contributed by atoms with Gasteiger partial charge in [0.05, 0.1) is 24.3 Å². The Morgan fingerprint density at radius 1 is 1.40 bits per heavy atom. The lowest BCUT2D eigenvalue weighted by molar-refractivity contribution is -0.119. The summed E-state index contributed by atoms with van der Waals surface area (Å²) in [6.07, 6.45) is 1.56. The molecule has 1 saturated heterocycles. The summed E-state index contributed by atoms with van der Waals surface area (Å²) in [5, 5.41) is 2.54. The van der Waals surface area contributed by atoms with Gasteiger partial charge in [0.15, 0.2) is 0 Å². The van der Waals surface area contributed by atoms with Crippen molar-refractivity contribution in [2.75, 3.05) is 18.0 Å². The SMILES string of the molecule is CC(=O)NC[C@@H]1CN(c2cc(F)c(-c3cccnc3)c(F)c2)C(=O)O1. The Kier molecular flexibility index (Phi) is 4.60. The molecule has 130 valence electrons. The molecule has 25 heavy (non-hydrogen) atoms. The second-order valence-corrected chi connectivity index (χ2v) is 5.58. The molecule has 1 N–H and O–H groups in total. The summed E-state index contributed by atoms with van der Waals surface area (Å²) in [7, 11) is 0. The molecule has 1 fully saturated rings. The summed E-state index contributed by atoms with van der Waals surface area (Å²) in [4.78, 5) is 27.8. The van der Waals surface area contributed by atoms with Crippen LogP contribution >= 0.6 is 0 Å². The van der Waals surface area contributed by atoms with Gasteiger partial charge in [0.25, 0.3) is 0 Å². The van der Waals surface area contributed by atoms with Crippen LogP contribution in [0.15, 0.2) is 36.7 Å². The average Bonchev–Trinajstić information content (AvgIpc) is 2.94. The number of anilines is 1. The van der Waals surface area contributed by atoms with Crippen LogP contribution in [0.2, 0.25) is 0 Å². The molecule has 2 heterocycles. The van der Waals surface area contributed by atoms with E-state index in [0.717, 1.165) is 17.0 Å². The number of pyridine rings is 1. The van der Waals surface area contributed by atoms with E-state index in [-0.39, 0.29) is 30.2 Å². The van der Waals surface area contributed by atoms with E-state index in [1.54, 1.807) is 12.1 Å². The predicted octanol–water partition coefficient (Wildman–Crippen LogP) is 2.49. The number of cyclic esters (lactones) is 1. The van der Waals surface area contributed by atoms with Crippen LogP contribution in [0, 0.1) is 11.6 Å². The van der Waals surface area contributed by atoms with Crippen molar-refractivity contribution in [2.24, 2.45) is 0 Å². The fourth-order valence-corrected chi connectivity index (χ4v) is 2.60. The highest BCUT2D eigenvalue weighted by Crippen LogP contribution is 2.31. The van der Waals surface area contributed by atoms with Crippen LogP contribution in [0.1, 0.15) is 6.92 Å². The molecule has 0 bridgehead atoms. The van der Waals surface area contributed by atoms with E-state index in [1.807, 2.05) is 0 Å². The van der Waals surface area contributed by atoms with E-state index in [1.165, 1.54) is 19.3 Å². The van der Waals surface area contributed by atoms with Crippen LogP contribution in [0.5, 0.6) is 0 Å². The minimum Gasteiger partial charge on any atom is -0.442 e. The largest absolute Gasteiger partial charge is 0.442 e. The number of carbonyl (C=O) groups is 2. The molecule has 1 aromatic heterocycles. The fourth-order valence-electron chi connectivity index (χ4n) is 2.60. The maximum atomic E-state index is 14.4. The van der Waals surface area contributed by atoms with Crippen molar-refractivity contribution in [1.29, 1.82) is 0 Å². The first-order chi connectivity index (χ1) is 12.0. The monoisotopic (exact) mass is 347 g/mol. The Bertz CT molecular complexity index is 791. The molecular weight excluding hydrogens is 332 g/mol. The van der Waals surface area contributed by atoms with Crippen LogP contribution in [-0.4, -0.2) is 36.2 Å². The number of hydrogen-bond donors (Lipinski definition) is 1. The van der Waals surface area contributed by atoms with Crippen molar-refractivity contribution >= 4 is 17.7 Å². The lowest BCUT2D eigenvalue weighted by Gasteiger charge is -2.15. The van der Waals surface area contributed by atoms with Gasteiger partial charge in [0.2, 0.25) is 5.91 Å². The summed E-state index contributed by atoms with van der Waals surface area (Å²) in [5.41, 5.74) is 0.147. The normalized spacial score (nSPS) is 16.7. The van der Waals surface area contributed by atoms with Gasteiger partial charge < -0.3 is 10.1 Å². The molecular formula is C17H15F2N3O3. The summed E-state index contributed by atoms with van der Waals surface area (Å²) in [6.45, 7) is 1.57. The number of rotatable bonds is 4. The summed E-state index contributed by atoms with van der Waals surface area (Å²) in [6, 6.07) is 5.27. The molecule has 0 aliphatic carbocycles. The van der Waals surface area contributed by atoms with Crippen LogP contribution in [-0.2, 0) is 9.53 Å². The summed E-state index contributed by atoms with van der Waals surface area (Å²) in [5.74, 6) is -1.87. The third kappa shape index (κ3) is 3.57. The highest BCUT2D eigenvalue weighted by Gasteiger charge is 2.33. The number of benzene rings is 1. The number of ether oxygens (including phenoxy) is 1. The van der Waals surface area contributed by atoms with Crippen LogP contribution < -0.4 is 10.2 Å². The molecule has 8 heteroatoms. The molecule has 0 unspecified atom stereocenters. The van der Waals surface area contributed by atoms with E-state index in [4.69, 9.17) is 4.74 Å². The Balaban J connectivity index is 1.84. The molecule has 2 amide bonds. The van der Waals surface area contributed by atoms with Gasteiger partial charge in [0.1, 0.15) is 17.7 Å². The second-order valence-electron chi connectivity index (χ2n) is 5.58. The van der Waals surface area contributed by atoms with Gasteiger partial charge in [0, 0.05) is 24.9 Å². The van der Waals surface area contributed by atoms with Crippen LogP contribution in [0.3, 0.4) is 0 Å². The number of carbonyl (C=O) groups excluding carboxylic acids is 2. The summed E-state index contributed by atoms with van der Waals surface area (Å²) >= 11 is 0. The third-order valence-electron chi connectivity index (χ3n) is 3.74. The van der Waals surface area contributed by atoms with E-state index in [0.29, 0.717) is 5.56 Å². The topological polar surface area (TPSA) is 71.5 Å². The predicted molar refractivity (Wildman–Crippen MR) is 85.9 cm³/mol. The minimum atomic E-state index is -0.805. The number of halogens is 2. The lowest BCUT2D eigenvalue weighted by atomic mass is 10.1. The number of amides is 2. The fraction of sp³-hybridized carbons (Fsp3) is 0.235. The molecule has 0 radical (unpaired) electrons. The molecule has 3 rings (SSSR count). The van der Waals surface area contributed by atoms with Crippen molar-refractivity contribution in [1.82, 2.24) is 10.3 Å². The smallest absolute Gasteiger partial charge is 0.414 e. The molecule has 0 saturated carbocycles. The highest BCUT2D eigenvalue weighted by atomic mass is 19.1. The Morgan fingerprint density at radius 2 is 2.12 bits per heavy atom. The zero-order valence-electron chi connectivity index (χ0n) is 13.3. The van der Waals surface area contributed by atoms with E-state index in [9.17, 15) is 18.4 Å². The van der Waals surface area contributed by atoms with Crippen molar-refractivity contribution in [3.05, 3.63) is 48.3 Å². The lowest BCUT2D eigenvalue weighted by Crippen LogP contribution is -2.33. The van der Waals surface area contributed by atoms with Crippen LogP contribution in [0.4, 0.5) is 19.3 Å². The van der Waals surface area contributed by atoms with Gasteiger partial charge >= 0.3 is 6.09 Å². The van der Waals surface area contributed by atoms with Gasteiger partial charge in [-0.05, 0) is 18.2 Å². The first-order valence-corrected chi connectivity index (χ1v) is 7.57. The first-order valence-electron chi connectivity index (χ1n) is 7.57. The van der Waals surface area contributed by atoms with Crippen molar-refractivity contribution in [3.63, 3.8) is 0 Å². The van der Waals surface area contributed by atoms with E-state index in [2.05, 4.69) is 10.3 Å². The number of nitrogens with one attached hydrogen (secondary N) is 1. The number of nitrogens with zero attached hydrogens (tertiary/aromatic N) is 2. The van der Waals surface area contributed by atoms with Crippen molar-refractivity contribution in [2.45, 2.75) is 13.0 Å². The summed E-state index contributed by atoms with van der Waals surface area (Å²) < 4.78 is 33.9. The molecule has 1 atom stereocenters. The average molecular weight is 347 g/mol. The maximum Gasteiger partial charge on any atom is 0.414 e. The Morgan fingerprint density at radius 3 is 2.72 bits per heavy atom. The van der Waals surface area contributed by atoms with E-state index >= 15 is 0 Å². The molecule has 1 aliphatic rings. The molecule has 0 spiro atoms. The Hall–Kier alpha value is -3.03. The van der Waals surface area contributed by atoms with Gasteiger partial charge in [-0.2, -0.15) is 0 Å². The zero-order valence-corrected chi connectivity index (χ0v) is 13.3. The van der Waals surface area contributed by atoms with Crippen molar-refractivity contribution < 1.29 is 23.1 Å². The quantitative estimate of drug-likeness (QED) is 0.922. The van der Waals surface area contributed by atoms with Crippen LogP contribution in [0.25, 0.3) is 11.1 Å². The molecule has 2 aromatic rings. The zero-order chi connectivity index (χ0) is 18.0. The number of aromatic nitrogens is 1. The number of hydrogen-bond acceptors (Lipinski definition) is 4. The van der Waals surface area contributed by atoms with E-state index < -0.39 is 23.8 Å². The minimum absolute atomic E-state index is 0.0537. The third-order valence-corrected chi connectivity index (χ3v) is 3.74. The standard InChI is InChI=1S/C17H15F2N3O3/c1-10(23)21-8-13-9-22(17(24)25-13)12-5-14(18)16(15(19)6-12)11-3-2-4-20-7-11/h2-7,13H,8-9H2,1H3,(H,21,23)/t13-/m1/s1. The van der Waals surface area contributed by atoms with Crippen molar-refractivity contribution in [3.8, 4) is 11.1 Å². The van der Waals surface area contributed by atoms with Gasteiger partial charge in [-0.25, -0.2) is 13.6 Å². The Labute approximate surface area is 142 Å². The second kappa shape index (κ2) is 6.84. The molecule has 1 aromatic carbocycles. The molecule has 1 aliphatic heterocycles. The maximum absolute atomic E-state index is 14.4. The molecule has 6 nitrogen and oxygen atoms in total.